The lowest BCUT2D eigenvalue weighted by atomic mass is 10.1. The molecule has 4 N–H and O–H groups in total. The number of piperazine rings is 2. The molecule has 0 saturated carbocycles. The van der Waals surface area contributed by atoms with Crippen LogP contribution >= 0.6 is 24.8 Å². The minimum absolute atomic E-state index is 0. The van der Waals surface area contributed by atoms with Gasteiger partial charge in [0.1, 0.15) is 6.61 Å². The zero-order valence-electron chi connectivity index (χ0n) is 13.1. The van der Waals surface area contributed by atoms with E-state index in [9.17, 15) is 9.90 Å². The van der Waals surface area contributed by atoms with E-state index in [0.717, 1.165) is 13.1 Å². The van der Waals surface area contributed by atoms with E-state index in [1.54, 1.807) is 4.90 Å². The van der Waals surface area contributed by atoms with Gasteiger partial charge >= 0.3 is 6.09 Å². The number of carbonyl (C=O) groups is 1. The van der Waals surface area contributed by atoms with Gasteiger partial charge in [-0.05, 0) is 13.8 Å². The lowest BCUT2D eigenvalue weighted by molar-refractivity contribution is 0.0562. The van der Waals surface area contributed by atoms with Crippen LogP contribution < -0.4 is 16.0 Å². The first-order valence-corrected chi connectivity index (χ1v) is 7.34. The minimum atomic E-state index is -0.294. The molecule has 2 fully saturated rings. The number of amides is 1. The summed E-state index contributed by atoms with van der Waals surface area (Å²) < 4.78 is 5.39. The molecule has 0 aromatic carbocycles. The largest absolute Gasteiger partial charge is 0.448 e. The molecule has 2 rings (SSSR count). The summed E-state index contributed by atoms with van der Waals surface area (Å²) in [6.45, 7) is 7.37. The van der Waals surface area contributed by atoms with Crippen molar-refractivity contribution in [3.63, 3.8) is 0 Å². The smallest absolute Gasteiger partial charge is 0.410 e. The summed E-state index contributed by atoms with van der Waals surface area (Å²) in [7, 11) is 0. The third kappa shape index (κ3) is 6.06. The van der Waals surface area contributed by atoms with Crippen molar-refractivity contribution in [2.24, 2.45) is 0 Å². The van der Waals surface area contributed by atoms with Gasteiger partial charge in [-0.3, -0.25) is 0 Å². The Labute approximate surface area is 144 Å². The lowest BCUT2D eigenvalue weighted by Crippen LogP contribution is -2.59. The first kappa shape index (κ1) is 21.7. The van der Waals surface area contributed by atoms with E-state index in [-0.39, 0.29) is 55.6 Å². The van der Waals surface area contributed by atoms with Crippen molar-refractivity contribution in [2.75, 3.05) is 39.4 Å². The molecule has 0 bridgehead atoms. The molecule has 0 aliphatic carbocycles. The fraction of sp³-hybridized carbons (Fsp3) is 0.923. The first-order valence-electron chi connectivity index (χ1n) is 7.34. The van der Waals surface area contributed by atoms with Crippen molar-refractivity contribution in [1.29, 1.82) is 0 Å². The van der Waals surface area contributed by atoms with Crippen molar-refractivity contribution in [2.45, 2.75) is 38.0 Å². The summed E-state index contributed by atoms with van der Waals surface area (Å²) >= 11 is 0. The molecule has 0 aromatic heterocycles. The van der Waals surface area contributed by atoms with E-state index in [1.807, 2.05) is 6.92 Å². The molecule has 2 aliphatic rings. The molecular weight excluding hydrogens is 331 g/mol. The van der Waals surface area contributed by atoms with E-state index in [4.69, 9.17) is 4.74 Å². The number of aliphatic hydroxyl groups excluding tert-OH is 1. The minimum Gasteiger partial charge on any atom is -0.448 e. The summed E-state index contributed by atoms with van der Waals surface area (Å²) in [5, 5.41) is 19.1. The number of hydrogen-bond donors (Lipinski definition) is 4. The predicted octanol–water partition coefficient (Wildman–Crippen LogP) is -0.429. The number of ether oxygens (including phenoxy) is 1. The Kier molecular flexibility index (Phi) is 10.3. The van der Waals surface area contributed by atoms with E-state index in [1.165, 1.54) is 0 Å². The number of hydrogen-bond acceptors (Lipinski definition) is 6. The van der Waals surface area contributed by atoms with Crippen LogP contribution in [0.1, 0.15) is 13.8 Å². The first-order chi connectivity index (χ1) is 9.60. The van der Waals surface area contributed by atoms with Crippen LogP contribution in [0.4, 0.5) is 4.79 Å². The van der Waals surface area contributed by atoms with Crippen LogP contribution in [0.5, 0.6) is 0 Å². The number of carbonyl (C=O) groups excluding carboxylic acids is 1. The van der Waals surface area contributed by atoms with Crippen LogP contribution in [0.25, 0.3) is 0 Å². The molecule has 7 nitrogen and oxygen atoms in total. The molecule has 2 heterocycles. The molecule has 0 unspecified atom stereocenters. The molecule has 2 saturated heterocycles. The summed E-state index contributed by atoms with van der Waals surface area (Å²) in [5.74, 6) is 0. The van der Waals surface area contributed by atoms with Gasteiger partial charge in [0.15, 0.2) is 0 Å². The highest BCUT2D eigenvalue weighted by Crippen LogP contribution is 2.09. The third-order valence-corrected chi connectivity index (χ3v) is 3.94. The number of halogens is 2. The average molecular weight is 359 g/mol. The summed E-state index contributed by atoms with van der Waals surface area (Å²) in [6.07, 6.45) is -0.294. The van der Waals surface area contributed by atoms with Gasteiger partial charge in [-0.25, -0.2) is 4.79 Å². The average Bonchev–Trinajstić information content (AvgIpc) is 2.47. The van der Waals surface area contributed by atoms with Gasteiger partial charge in [0.25, 0.3) is 0 Å². The summed E-state index contributed by atoms with van der Waals surface area (Å²) in [6, 6.07) is 0.652. The Morgan fingerprint density at radius 1 is 1.14 bits per heavy atom. The van der Waals surface area contributed by atoms with E-state index >= 15 is 0 Å². The van der Waals surface area contributed by atoms with Crippen LogP contribution in [0.2, 0.25) is 0 Å². The van der Waals surface area contributed by atoms with Crippen LogP contribution in [0, 0.1) is 0 Å². The molecule has 22 heavy (non-hydrogen) atoms. The maximum Gasteiger partial charge on any atom is 0.410 e. The van der Waals surface area contributed by atoms with Gasteiger partial charge in [-0.2, -0.15) is 0 Å². The number of nitrogens with one attached hydrogen (secondary N) is 3. The van der Waals surface area contributed by atoms with Gasteiger partial charge in [0, 0.05) is 44.3 Å². The monoisotopic (exact) mass is 358 g/mol. The molecular formula is C13H28Cl2N4O3. The van der Waals surface area contributed by atoms with Crippen molar-refractivity contribution < 1.29 is 14.6 Å². The maximum atomic E-state index is 12.1. The van der Waals surface area contributed by atoms with Crippen molar-refractivity contribution >= 4 is 30.9 Å². The molecule has 0 radical (unpaired) electrons. The van der Waals surface area contributed by atoms with Gasteiger partial charge in [0.05, 0.1) is 12.6 Å². The summed E-state index contributed by atoms with van der Waals surface area (Å²) in [5.41, 5.74) is 0. The predicted molar refractivity (Wildman–Crippen MR) is 90.1 cm³/mol. The molecule has 9 heteroatoms. The quantitative estimate of drug-likeness (QED) is 0.547. The second-order valence-corrected chi connectivity index (χ2v) is 5.78. The zero-order chi connectivity index (χ0) is 14.5. The molecule has 1 amide bonds. The van der Waals surface area contributed by atoms with Crippen molar-refractivity contribution in [3.8, 4) is 0 Å². The molecule has 4 atom stereocenters. The van der Waals surface area contributed by atoms with E-state index < -0.39 is 0 Å². The second-order valence-electron chi connectivity index (χ2n) is 5.78. The Bertz CT molecular complexity index is 330. The van der Waals surface area contributed by atoms with Crippen molar-refractivity contribution in [3.05, 3.63) is 0 Å². The number of nitrogens with zero attached hydrogens (tertiary/aromatic N) is 1. The highest BCUT2D eigenvalue weighted by atomic mass is 35.5. The van der Waals surface area contributed by atoms with Crippen LogP contribution in [-0.2, 0) is 4.74 Å². The van der Waals surface area contributed by atoms with Gasteiger partial charge < -0.3 is 30.7 Å². The highest BCUT2D eigenvalue weighted by Gasteiger charge is 2.30. The van der Waals surface area contributed by atoms with Gasteiger partial charge in [0.2, 0.25) is 0 Å². The molecule has 0 spiro atoms. The Balaban J connectivity index is 0.00000220. The molecule has 0 aromatic rings. The fourth-order valence-corrected chi connectivity index (χ4v) is 2.51. The SMILES string of the molecule is C[C@@H]1CN[C@@H](COC(=O)N2C[C@H](CO)NC[C@H]2C)CN1.Cl.Cl. The van der Waals surface area contributed by atoms with Gasteiger partial charge in [-0.1, -0.05) is 0 Å². The van der Waals surface area contributed by atoms with E-state index in [2.05, 4.69) is 22.9 Å². The fourth-order valence-electron chi connectivity index (χ4n) is 2.51. The second kappa shape index (κ2) is 10.5. The number of aliphatic hydroxyl groups is 1. The third-order valence-electron chi connectivity index (χ3n) is 3.94. The highest BCUT2D eigenvalue weighted by molar-refractivity contribution is 5.85. The lowest BCUT2D eigenvalue weighted by Gasteiger charge is -2.37. The van der Waals surface area contributed by atoms with Crippen LogP contribution in [0.15, 0.2) is 0 Å². The van der Waals surface area contributed by atoms with E-state index in [0.29, 0.717) is 25.7 Å². The standard InChI is InChI=1S/C13H26N4O3.2ClH/c1-9-3-15-11(5-14-9)8-20-13(19)17-6-12(7-18)16-4-10(17)2;;/h9-12,14-16,18H,3-8H2,1-2H3;2*1H/t9-,10-,11-,12-;;/m1../s1. The zero-order valence-corrected chi connectivity index (χ0v) is 14.7. The van der Waals surface area contributed by atoms with Crippen LogP contribution in [0.3, 0.4) is 0 Å². The Hall–Kier alpha value is -0.310. The Morgan fingerprint density at radius 3 is 2.41 bits per heavy atom. The van der Waals surface area contributed by atoms with Crippen LogP contribution in [-0.4, -0.2) is 79.7 Å². The topological polar surface area (TPSA) is 85.9 Å². The maximum absolute atomic E-state index is 12.1. The number of rotatable bonds is 3. The van der Waals surface area contributed by atoms with Crippen molar-refractivity contribution in [1.82, 2.24) is 20.9 Å². The molecule has 132 valence electrons. The summed E-state index contributed by atoms with van der Waals surface area (Å²) in [4.78, 5) is 13.8. The normalized spacial score (nSPS) is 31.7. The van der Waals surface area contributed by atoms with Gasteiger partial charge in [-0.15, -0.1) is 24.8 Å². The Morgan fingerprint density at radius 2 is 1.82 bits per heavy atom. The molecule has 2 aliphatic heterocycles.